The molecule has 0 bridgehead atoms. The molecule has 3 N–H and O–H groups in total. The molecule has 112 valence electrons. The maximum atomic E-state index is 12.0. The topological polar surface area (TPSA) is 85.2 Å². The SMILES string of the molecule is N[C@H](Cc1c[nH]c2ccccc12)C(=O)OC(=O)C(F)(F)F. The lowest BCUT2D eigenvalue weighted by Gasteiger charge is -2.11. The highest BCUT2D eigenvalue weighted by molar-refractivity contribution is 5.91. The van der Waals surface area contributed by atoms with Gasteiger partial charge in [-0.15, -0.1) is 0 Å². The molecule has 0 saturated heterocycles. The van der Waals surface area contributed by atoms with Gasteiger partial charge >= 0.3 is 18.1 Å². The molecular weight excluding hydrogens is 289 g/mol. The highest BCUT2D eigenvalue weighted by Gasteiger charge is 2.43. The quantitative estimate of drug-likeness (QED) is 0.667. The van der Waals surface area contributed by atoms with Gasteiger partial charge in [-0.05, 0) is 11.6 Å². The largest absolute Gasteiger partial charge is 0.491 e. The first-order valence-electron chi connectivity index (χ1n) is 5.92. The zero-order chi connectivity index (χ0) is 15.6. The van der Waals surface area contributed by atoms with Crippen LogP contribution in [-0.2, 0) is 20.7 Å². The number of fused-ring (bicyclic) bond motifs is 1. The van der Waals surface area contributed by atoms with Crippen molar-refractivity contribution >= 4 is 22.8 Å². The van der Waals surface area contributed by atoms with Crippen LogP contribution in [0.2, 0.25) is 0 Å². The van der Waals surface area contributed by atoms with Crippen molar-refractivity contribution in [3.8, 4) is 0 Å². The first kappa shape index (κ1) is 15.0. The molecule has 1 atom stereocenters. The predicted molar refractivity (Wildman–Crippen MR) is 67.1 cm³/mol. The third kappa shape index (κ3) is 3.40. The van der Waals surface area contributed by atoms with Gasteiger partial charge in [0.25, 0.3) is 0 Å². The van der Waals surface area contributed by atoms with Gasteiger partial charge in [0.1, 0.15) is 6.04 Å². The summed E-state index contributed by atoms with van der Waals surface area (Å²) in [6, 6.07) is 5.79. The van der Waals surface area contributed by atoms with Gasteiger partial charge in [0.2, 0.25) is 0 Å². The minimum absolute atomic E-state index is 0.0476. The third-order valence-electron chi connectivity index (χ3n) is 2.84. The van der Waals surface area contributed by atoms with E-state index < -0.39 is 24.2 Å². The number of hydrogen-bond donors (Lipinski definition) is 2. The summed E-state index contributed by atoms with van der Waals surface area (Å²) in [4.78, 5) is 24.9. The van der Waals surface area contributed by atoms with Gasteiger partial charge in [0.15, 0.2) is 0 Å². The van der Waals surface area contributed by atoms with Gasteiger partial charge in [-0.25, -0.2) is 9.59 Å². The van der Waals surface area contributed by atoms with Gasteiger partial charge in [-0.2, -0.15) is 13.2 Å². The second kappa shape index (κ2) is 5.57. The van der Waals surface area contributed by atoms with Crippen LogP contribution in [0.3, 0.4) is 0 Å². The second-order valence-corrected chi connectivity index (χ2v) is 4.38. The average Bonchev–Trinajstić information content (AvgIpc) is 2.81. The predicted octanol–water partition coefficient (Wildman–Crippen LogP) is 1.67. The summed E-state index contributed by atoms with van der Waals surface area (Å²) < 4.78 is 39.7. The van der Waals surface area contributed by atoms with E-state index in [2.05, 4.69) is 9.72 Å². The standard InChI is InChI=1S/C13H11F3N2O3/c14-13(15,16)12(20)21-11(19)9(17)5-7-6-18-10-4-2-1-3-8(7)10/h1-4,6,9,18H,5,17H2/t9-/m1/s1. The summed E-state index contributed by atoms with van der Waals surface area (Å²) in [5.74, 6) is -3.98. The molecule has 0 unspecified atom stereocenters. The lowest BCUT2D eigenvalue weighted by molar-refractivity contribution is -0.202. The number of aromatic amines is 1. The molecule has 1 aromatic heterocycles. The summed E-state index contributed by atoms with van der Waals surface area (Å²) in [6.45, 7) is 0. The Hall–Kier alpha value is -2.35. The summed E-state index contributed by atoms with van der Waals surface area (Å²) in [7, 11) is 0. The minimum atomic E-state index is -5.23. The van der Waals surface area contributed by atoms with Crippen LogP contribution in [0.1, 0.15) is 5.56 Å². The van der Waals surface area contributed by atoms with E-state index in [4.69, 9.17) is 5.73 Å². The number of benzene rings is 1. The molecule has 0 aliphatic rings. The van der Waals surface area contributed by atoms with E-state index in [1.54, 1.807) is 30.5 Å². The van der Waals surface area contributed by atoms with Crippen molar-refractivity contribution in [1.82, 2.24) is 4.98 Å². The Morgan fingerprint density at radius 1 is 1.29 bits per heavy atom. The fourth-order valence-corrected chi connectivity index (χ4v) is 1.85. The number of halogens is 3. The van der Waals surface area contributed by atoms with Gasteiger partial charge in [-0.1, -0.05) is 18.2 Å². The number of para-hydroxylation sites is 1. The number of nitrogens with one attached hydrogen (secondary N) is 1. The number of hydrogen-bond acceptors (Lipinski definition) is 4. The second-order valence-electron chi connectivity index (χ2n) is 4.38. The molecule has 8 heteroatoms. The molecular formula is C13H11F3N2O3. The Morgan fingerprint density at radius 3 is 2.62 bits per heavy atom. The number of carbonyl (C=O) groups excluding carboxylic acids is 2. The Balaban J connectivity index is 2.06. The number of rotatable bonds is 3. The molecule has 1 aromatic carbocycles. The Labute approximate surface area is 116 Å². The normalized spacial score (nSPS) is 13.1. The van der Waals surface area contributed by atoms with Crippen LogP contribution in [0.25, 0.3) is 10.9 Å². The van der Waals surface area contributed by atoms with E-state index in [-0.39, 0.29) is 6.42 Å². The van der Waals surface area contributed by atoms with Crippen molar-refractivity contribution in [2.24, 2.45) is 5.73 Å². The van der Waals surface area contributed by atoms with Crippen LogP contribution >= 0.6 is 0 Å². The van der Waals surface area contributed by atoms with Gasteiger partial charge < -0.3 is 15.5 Å². The number of carbonyl (C=O) groups is 2. The molecule has 0 saturated carbocycles. The Kier molecular flexibility index (Phi) is 3.99. The number of nitrogens with two attached hydrogens (primary N) is 1. The van der Waals surface area contributed by atoms with Crippen molar-refractivity contribution in [2.75, 3.05) is 0 Å². The number of alkyl halides is 3. The highest BCUT2D eigenvalue weighted by Crippen LogP contribution is 2.20. The van der Waals surface area contributed by atoms with Gasteiger partial charge in [-0.3, -0.25) is 0 Å². The van der Waals surface area contributed by atoms with Crippen molar-refractivity contribution < 1.29 is 27.5 Å². The smallest absolute Gasteiger partial charge is 0.385 e. The van der Waals surface area contributed by atoms with Crippen molar-refractivity contribution in [3.05, 3.63) is 36.0 Å². The van der Waals surface area contributed by atoms with Crippen LogP contribution < -0.4 is 5.73 Å². The Bertz CT molecular complexity index is 679. The molecule has 0 spiro atoms. The molecule has 0 aliphatic carbocycles. The van der Waals surface area contributed by atoms with Gasteiger partial charge in [0, 0.05) is 23.5 Å². The van der Waals surface area contributed by atoms with Crippen LogP contribution in [-0.4, -0.2) is 29.1 Å². The summed E-state index contributed by atoms with van der Waals surface area (Å²) in [5.41, 5.74) is 6.94. The first-order valence-corrected chi connectivity index (χ1v) is 5.92. The molecule has 5 nitrogen and oxygen atoms in total. The number of H-pyrrole nitrogens is 1. The van der Waals surface area contributed by atoms with E-state index in [0.717, 1.165) is 10.9 Å². The highest BCUT2D eigenvalue weighted by atomic mass is 19.4. The average molecular weight is 300 g/mol. The number of esters is 2. The minimum Gasteiger partial charge on any atom is -0.385 e. The summed E-state index contributed by atoms with van der Waals surface area (Å²) >= 11 is 0. The molecule has 0 fully saturated rings. The lowest BCUT2D eigenvalue weighted by Crippen LogP contribution is -2.38. The van der Waals surface area contributed by atoms with Gasteiger partial charge in [0.05, 0.1) is 0 Å². The molecule has 1 heterocycles. The molecule has 0 aliphatic heterocycles. The van der Waals surface area contributed by atoms with E-state index >= 15 is 0 Å². The third-order valence-corrected chi connectivity index (χ3v) is 2.84. The maximum absolute atomic E-state index is 12.0. The zero-order valence-corrected chi connectivity index (χ0v) is 10.6. The summed E-state index contributed by atoms with van der Waals surface area (Å²) in [6.07, 6.45) is -3.67. The van der Waals surface area contributed by atoms with E-state index in [1.807, 2.05) is 0 Å². The molecule has 21 heavy (non-hydrogen) atoms. The van der Waals surface area contributed by atoms with E-state index in [9.17, 15) is 22.8 Å². The molecule has 0 amide bonds. The number of ether oxygens (including phenoxy) is 1. The van der Waals surface area contributed by atoms with Crippen molar-refractivity contribution in [3.63, 3.8) is 0 Å². The fraction of sp³-hybridized carbons (Fsp3) is 0.231. The lowest BCUT2D eigenvalue weighted by atomic mass is 10.1. The molecule has 2 rings (SSSR count). The molecule has 2 aromatic rings. The first-order chi connectivity index (χ1) is 9.79. The fourth-order valence-electron chi connectivity index (χ4n) is 1.85. The van der Waals surface area contributed by atoms with Crippen molar-refractivity contribution in [1.29, 1.82) is 0 Å². The molecule has 0 radical (unpaired) electrons. The van der Waals surface area contributed by atoms with Crippen LogP contribution in [0.15, 0.2) is 30.5 Å². The van der Waals surface area contributed by atoms with Crippen LogP contribution in [0.5, 0.6) is 0 Å². The van der Waals surface area contributed by atoms with Crippen molar-refractivity contribution in [2.45, 2.75) is 18.6 Å². The van der Waals surface area contributed by atoms with E-state index in [1.165, 1.54) is 0 Å². The zero-order valence-electron chi connectivity index (χ0n) is 10.6. The van der Waals surface area contributed by atoms with Crippen LogP contribution in [0.4, 0.5) is 13.2 Å². The van der Waals surface area contributed by atoms with Crippen LogP contribution in [0, 0.1) is 0 Å². The van der Waals surface area contributed by atoms with E-state index in [0.29, 0.717) is 5.56 Å². The summed E-state index contributed by atoms with van der Waals surface area (Å²) in [5, 5.41) is 0.794. The maximum Gasteiger partial charge on any atom is 0.491 e. The number of aromatic nitrogens is 1. The monoisotopic (exact) mass is 300 g/mol. The Morgan fingerprint density at radius 2 is 1.95 bits per heavy atom.